The second kappa shape index (κ2) is 5.42. The van der Waals surface area contributed by atoms with E-state index in [1.165, 1.54) is 22.3 Å². The van der Waals surface area contributed by atoms with Crippen LogP contribution in [0.3, 0.4) is 0 Å². The fraction of sp³-hybridized carbons (Fsp3) is 0.706. The van der Waals surface area contributed by atoms with E-state index < -0.39 is 0 Å². The fourth-order valence-corrected chi connectivity index (χ4v) is 3.30. The third-order valence-corrected chi connectivity index (χ3v) is 3.94. The largest absolute Gasteiger partial charge is 0.298 e. The Balaban J connectivity index is 3.51. The molecule has 1 heteroatoms. The van der Waals surface area contributed by atoms with Crippen molar-refractivity contribution in [3.8, 4) is 0 Å². The number of rotatable bonds is 2. The van der Waals surface area contributed by atoms with Crippen LogP contribution in [0.1, 0.15) is 55.4 Å². The average Bonchev–Trinajstić information content (AvgIpc) is 2.51. The van der Waals surface area contributed by atoms with Crippen molar-refractivity contribution >= 4 is 5.78 Å². The van der Waals surface area contributed by atoms with Crippen molar-refractivity contribution in [2.75, 3.05) is 0 Å². The maximum Gasteiger partial charge on any atom is 0.148 e. The second-order valence-electron chi connectivity index (χ2n) is 6.67. The Bertz CT molecular complexity index is 361. The van der Waals surface area contributed by atoms with Gasteiger partial charge < -0.3 is 0 Å². The highest BCUT2D eigenvalue weighted by Crippen LogP contribution is 2.47. The molecule has 102 valence electrons. The van der Waals surface area contributed by atoms with Gasteiger partial charge in [0.15, 0.2) is 0 Å². The molecule has 1 fully saturated rings. The lowest BCUT2D eigenvalue weighted by atomic mass is 9.86. The van der Waals surface area contributed by atoms with E-state index >= 15 is 0 Å². The van der Waals surface area contributed by atoms with Gasteiger partial charge in [0.2, 0.25) is 0 Å². The van der Waals surface area contributed by atoms with Gasteiger partial charge in [-0.3, -0.25) is 4.79 Å². The number of carbonyl (C=O) groups is 1. The van der Waals surface area contributed by atoms with Gasteiger partial charge in [0.25, 0.3) is 0 Å². The quantitative estimate of drug-likeness (QED) is 0.687. The SMILES string of the molecule is CC(C)=C1C(=C(C)C)C(C(C)C)C(=O)C1C(C)C. The van der Waals surface area contributed by atoms with Gasteiger partial charge in [-0.25, -0.2) is 0 Å². The van der Waals surface area contributed by atoms with Gasteiger partial charge >= 0.3 is 0 Å². The van der Waals surface area contributed by atoms with Gasteiger partial charge in [0, 0.05) is 11.8 Å². The molecule has 18 heavy (non-hydrogen) atoms. The highest BCUT2D eigenvalue weighted by Gasteiger charge is 2.45. The van der Waals surface area contributed by atoms with Gasteiger partial charge in [-0.1, -0.05) is 38.8 Å². The van der Waals surface area contributed by atoms with Crippen LogP contribution in [0.2, 0.25) is 0 Å². The molecule has 0 aromatic heterocycles. The smallest absolute Gasteiger partial charge is 0.148 e. The van der Waals surface area contributed by atoms with E-state index in [9.17, 15) is 4.79 Å². The van der Waals surface area contributed by atoms with Crippen LogP contribution in [0.5, 0.6) is 0 Å². The molecular weight excluding hydrogens is 220 g/mol. The lowest BCUT2D eigenvalue weighted by Crippen LogP contribution is -2.22. The standard InChI is InChI=1S/C17H28O/c1-9(2)13-14(10(3)4)16(12(7)8)17(18)15(13)11(5)6/h11-12,15-16H,1-8H3. The third kappa shape index (κ3) is 2.46. The maximum atomic E-state index is 12.7. The highest BCUT2D eigenvalue weighted by molar-refractivity contribution is 5.96. The van der Waals surface area contributed by atoms with E-state index in [2.05, 4.69) is 55.4 Å². The molecule has 0 aliphatic heterocycles. The van der Waals surface area contributed by atoms with Crippen molar-refractivity contribution in [2.24, 2.45) is 23.7 Å². The second-order valence-corrected chi connectivity index (χ2v) is 6.67. The first-order valence-corrected chi connectivity index (χ1v) is 7.08. The maximum absolute atomic E-state index is 12.7. The Hall–Kier alpha value is -0.850. The minimum Gasteiger partial charge on any atom is -0.298 e. The summed E-state index contributed by atoms with van der Waals surface area (Å²) in [6, 6.07) is 0. The molecule has 0 N–H and O–H groups in total. The first-order valence-electron chi connectivity index (χ1n) is 7.08. The molecule has 0 radical (unpaired) electrons. The van der Waals surface area contributed by atoms with Crippen LogP contribution >= 0.6 is 0 Å². The molecule has 0 heterocycles. The Kier molecular flexibility index (Phi) is 4.58. The highest BCUT2D eigenvalue weighted by atomic mass is 16.1. The van der Waals surface area contributed by atoms with E-state index in [0.29, 0.717) is 17.6 Å². The molecule has 0 aromatic rings. The van der Waals surface area contributed by atoms with Gasteiger partial charge in [-0.05, 0) is 50.7 Å². The molecule has 0 amide bonds. The third-order valence-electron chi connectivity index (χ3n) is 3.94. The zero-order valence-corrected chi connectivity index (χ0v) is 13.2. The molecule has 1 saturated carbocycles. The molecule has 0 spiro atoms. The molecule has 0 aromatic carbocycles. The van der Waals surface area contributed by atoms with Crippen molar-refractivity contribution in [1.82, 2.24) is 0 Å². The van der Waals surface area contributed by atoms with Crippen molar-refractivity contribution < 1.29 is 4.79 Å². The lowest BCUT2D eigenvalue weighted by molar-refractivity contribution is -0.125. The Morgan fingerprint density at radius 3 is 1.22 bits per heavy atom. The Morgan fingerprint density at radius 1 is 0.778 bits per heavy atom. The minimum atomic E-state index is 0.104. The van der Waals surface area contributed by atoms with Crippen molar-refractivity contribution in [2.45, 2.75) is 55.4 Å². The molecule has 1 rings (SSSR count). The number of hydrogen-bond donors (Lipinski definition) is 0. The first kappa shape index (κ1) is 15.2. The fourth-order valence-electron chi connectivity index (χ4n) is 3.30. The average molecular weight is 248 g/mol. The summed E-state index contributed by atoms with van der Waals surface area (Å²) in [6.45, 7) is 17.2. The summed E-state index contributed by atoms with van der Waals surface area (Å²) < 4.78 is 0. The van der Waals surface area contributed by atoms with E-state index in [1.54, 1.807) is 0 Å². The number of ketones is 1. The summed E-state index contributed by atoms with van der Waals surface area (Å²) in [5, 5.41) is 0. The van der Waals surface area contributed by atoms with Crippen molar-refractivity contribution in [3.63, 3.8) is 0 Å². The van der Waals surface area contributed by atoms with Crippen LogP contribution in [-0.4, -0.2) is 5.78 Å². The zero-order chi connectivity index (χ0) is 14.2. The minimum absolute atomic E-state index is 0.104. The number of hydrogen-bond acceptors (Lipinski definition) is 1. The van der Waals surface area contributed by atoms with Crippen LogP contribution in [0.25, 0.3) is 0 Å². The molecule has 2 unspecified atom stereocenters. The van der Waals surface area contributed by atoms with E-state index in [0.717, 1.165) is 0 Å². The topological polar surface area (TPSA) is 17.1 Å². The van der Waals surface area contributed by atoms with Crippen LogP contribution in [0, 0.1) is 23.7 Å². The molecular formula is C17H28O. The molecule has 1 nitrogen and oxygen atoms in total. The molecule has 2 atom stereocenters. The lowest BCUT2D eigenvalue weighted by Gasteiger charge is -2.18. The van der Waals surface area contributed by atoms with Gasteiger partial charge in [0.05, 0.1) is 0 Å². The van der Waals surface area contributed by atoms with Crippen LogP contribution < -0.4 is 0 Å². The summed E-state index contributed by atoms with van der Waals surface area (Å²) in [5.41, 5.74) is 5.27. The van der Waals surface area contributed by atoms with Crippen LogP contribution in [0.4, 0.5) is 0 Å². The number of carbonyl (C=O) groups excluding carboxylic acids is 1. The summed E-state index contributed by atoms with van der Waals surface area (Å²) in [5.74, 6) is 1.42. The Morgan fingerprint density at radius 2 is 1.06 bits per heavy atom. The summed E-state index contributed by atoms with van der Waals surface area (Å²) in [7, 11) is 0. The van der Waals surface area contributed by atoms with Crippen molar-refractivity contribution in [1.29, 1.82) is 0 Å². The molecule has 1 aliphatic rings. The van der Waals surface area contributed by atoms with Gasteiger partial charge in [0.1, 0.15) is 5.78 Å². The molecule has 0 bridgehead atoms. The number of Topliss-reactive ketones (excluding diaryl/α,β-unsaturated/α-hetero) is 1. The van der Waals surface area contributed by atoms with Gasteiger partial charge in [-0.15, -0.1) is 0 Å². The van der Waals surface area contributed by atoms with Crippen molar-refractivity contribution in [3.05, 3.63) is 22.3 Å². The molecule has 1 aliphatic carbocycles. The normalized spacial score (nSPS) is 24.4. The molecule has 0 saturated heterocycles. The van der Waals surface area contributed by atoms with E-state index in [-0.39, 0.29) is 11.8 Å². The summed E-state index contributed by atoms with van der Waals surface area (Å²) in [4.78, 5) is 12.7. The predicted molar refractivity (Wildman–Crippen MR) is 78.4 cm³/mol. The van der Waals surface area contributed by atoms with Gasteiger partial charge in [-0.2, -0.15) is 0 Å². The van der Waals surface area contributed by atoms with Crippen LogP contribution in [0.15, 0.2) is 22.3 Å². The van der Waals surface area contributed by atoms with Crippen LogP contribution in [-0.2, 0) is 4.79 Å². The zero-order valence-electron chi connectivity index (χ0n) is 13.2. The van der Waals surface area contributed by atoms with E-state index in [1.807, 2.05) is 0 Å². The summed E-state index contributed by atoms with van der Waals surface area (Å²) >= 11 is 0. The predicted octanol–water partition coefficient (Wildman–Crippen LogP) is 4.79. The van der Waals surface area contributed by atoms with E-state index in [4.69, 9.17) is 0 Å². The Labute approximate surface area is 112 Å². The summed E-state index contributed by atoms with van der Waals surface area (Å²) in [6.07, 6.45) is 0. The first-order chi connectivity index (χ1) is 8.20. The monoisotopic (exact) mass is 248 g/mol. The number of allylic oxidation sites excluding steroid dienone is 4.